The van der Waals surface area contributed by atoms with Gasteiger partial charge in [-0.1, -0.05) is 25.1 Å². The molecule has 122 valence electrons. The van der Waals surface area contributed by atoms with Gasteiger partial charge < -0.3 is 4.74 Å². The normalized spacial score (nSPS) is 18.0. The van der Waals surface area contributed by atoms with Crippen LogP contribution < -0.4 is 5.43 Å². The van der Waals surface area contributed by atoms with E-state index in [0.29, 0.717) is 26.3 Å². The third kappa shape index (κ3) is 4.45. The van der Waals surface area contributed by atoms with Gasteiger partial charge in [-0.15, -0.1) is 0 Å². The number of ether oxygens (including phenoxy) is 1. The number of carbonyl (C=O) groups excluding carboxylic acids is 1. The second kappa shape index (κ2) is 7.11. The number of alkyl halides is 3. The Morgan fingerprint density at radius 2 is 1.95 bits per heavy atom. The third-order valence-electron chi connectivity index (χ3n) is 3.58. The quantitative estimate of drug-likeness (QED) is 0.928. The minimum Gasteiger partial charge on any atom is -0.379 e. The summed E-state index contributed by atoms with van der Waals surface area (Å²) in [6.45, 7) is 3.86. The minimum absolute atomic E-state index is 0.00442. The zero-order valence-corrected chi connectivity index (χ0v) is 12.3. The van der Waals surface area contributed by atoms with Crippen molar-refractivity contribution in [2.24, 2.45) is 0 Å². The van der Waals surface area contributed by atoms with E-state index < -0.39 is 17.7 Å². The van der Waals surface area contributed by atoms with Crippen LogP contribution in [0.25, 0.3) is 0 Å². The molecule has 0 radical (unpaired) electrons. The van der Waals surface area contributed by atoms with Gasteiger partial charge in [0.2, 0.25) is 5.91 Å². The van der Waals surface area contributed by atoms with E-state index in [9.17, 15) is 18.0 Å². The molecule has 22 heavy (non-hydrogen) atoms. The molecule has 0 saturated carbocycles. The van der Waals surface area contributed by atoms with Gasteiger partial charge in [0.05, 0.1) is 18.8 Å². The maximum atomic E-state index is 13.0. The number of hydrogen-bond donors (Lipinski definition) is 1. The molecule has 1 aromatic rings. The number of hydrazine groups is 1. The molecule has 0 aliphatic carbocycles. The van der Waals surface area contributed by atoms with Gasteiger partial charge >= 0.3 is 6.18 Å². The molecule has 1 heterocycles. The van der Waals surface area contributed by atoms with Crippen LogP contribution in [0.5, 0.6) is 0 Å². The molecule has 0 spiro atoms. The molecule has 0 bridgehead atoms. The molecule has 1 aromatic carbocycles. The fourth-order valence-electron chi connectivity index (χ4n) is 2.47. The summed E-state index contributed by atoms with van der Waals surface area (Å²) in [6.07, 6.45) is -4.41. The maximum Gasteiger partial charge on any atom is 0.416 e. The van der Waals surface area contributed by atoms with Gasteiger partial charge in [0.1, 0.15) is 0 Å². The van der Waals surface area contributed by atoms with Gasteiger partial charge in [0.25, 0.3) is 0 Å². The fraction of sp³-hybridized carbons (Fsp3) is 0.533. The summed E-state index contributed by atoms with van der Waals surface area (Å²) in [6, 6.07) is 5.38. The molecule has 1 amide bonds. The molecule has 1 unspecified atom stereocenters. The van der Waals surface area contributed by atoms with E-state index in [0.717, 1.165) is 6.07 Å². The summed E-state index contributed by atoms with van der Waals surface area (Å²) in [5, 5.41) is 1.73. The highest BCUT2D eigenvalue weighted by atomic mass is 19.4. The van der Waals surface area contributed by atoms with Crippen LogP contribution in [-0.2, 0) is 15.7 Å². The average Bonchev–Trinajstić information content (AvgIpc) is 2.47. The van der Waals surface area contributed by atoms with E-state index in [2.05, 4.69) is 5.43 Å². The molecule has 1 aliphatic heterocycles. The molecular formula is C15H19F3N2O2. The Hall–Kier alpha value is -1.60. The van der Waals surface area contributed by atoms with Crippen molar-refractivity contribution < 1.29 is 22.7 Å². The van der Waals surface area contributed by atoms with Crippen LogP contribution in [0.3, 0.4) is 0 Å². The number of benzene rings is 1. The highest BCUT2D eigenvalue weighted by Crippen LogP contribution is 2.35. The number of nitrogens with one attached hydrogen (secondary N) is 1. The van der Waals surface area contributed by atoms with Crippen LogP contribution in [0, 0.1) is 0 Å². The highest BCUT2D eigenvalue weighted by molar-refractivity contribution is 5.76. The monoisotopic (exact) mass is 316 g/mol. The molecule has 0 aromatic heterocycles. The Bertz CT molecular complexity index is 514. The first-order valence-corrected chi connectivity index (χ1v) is 7.16. The Kier molecular flexibility index (Phi) is 5.42. The van der Waals surface area contributed by atoms with E-state index in [1.165, 1.54) is 12.1 Å². The molecule has 1 saturated heterocycles. The van der Waals surface area contributed by atoms with Crippen molar-refractivity contribution in [3.8, 4) is 0 Å². The van der Waals surface area contributed by atoms with Crippen LogP contribution in [0.4, 0.5) is 13.2 Å². The lowest BCUT2D eigenvalue weighted by molar-refractivity contribution is -0.139. The zero-order chi connectivity index (χ0) is 16.2. The highest BCUT2D eigenvalue weighted by Gasteiger charge is 2.34. The van der Waals surface area contributed by atoms with E-state index in [1.54, 1.807) is 18.0 Å². The van der Waals surface area contributed by atoms with Gasteiger partial charge in [-0.05, 0) is 17.5 Å². The van der Waals surface area contributed by atoms with Gasteiger partial charge in [-0.2, -0.15) is 13.2 Å². The van der Waals surface area contributed by atoms with Crippen molar-refractivity contribution in [1.82, 2.24) is 10.4 Å². The number of morpholine rings is 1. The Labute approximate surface area is 127 Å². The minimum atomic E-state index is -4.41. The Morgan fingerprint density at radius 1 is 1.32 bits per heavy atom. The Balaban J connectivity index is 1.99. The lowest BCUT2D eigenvalue weighted by Gasteiger charge is -2.27. The number of halogens is 3. The van der Waals surface area contributed by atoms with Crippen molar-refractivity contribution in [1.29, 1.82) is 0 Å². The summed E-state index contributed by atoms with van der Waals surface area (Å²) < 4.78 is 44.2. The number of nitrogens with zero attached hydrogens (tertiary/aromatic N) is 1. The molecule has 1 N–H and O–H groups in total. The Morgan fingerprint density at radius 3 is 2.59 bits per heavy atom. The summed E-state index contributed by atoms with van der Waals surface area (Å²) in [7, 11) is 0. The first kappa shape index (κ1) is 16.8. The number of rotatable bonds is 4. The van der Waals surface area contributed by atoms with Crippen LogP contribution >= 0.6 is 0 Å². The van der Waals surface area contributed by atoms with Crippen molar-refractivity contribution in [3.63, 3.8) is 0 Å². The summed E-state index contributed by atoms with van der Waals surface area (Å²) >= 11 is 0. The van der Waals surface area contributed by atoms with Crippen molar-refractivity contribution >= 4 is 5.91 Å². The smallest absolute Gasteiger partial charge is 0.379 e. The van der Waals surface area contributed by atoms with Crippen LogP contribution in [0.15, 0.2) is 24.3 Å². The SMILES string of the molecule is CC(CC(=O)NN1CCOCC1)c1ccccc1C(F)(F)F. The van der Waals surface area contributed by atoms with E-state index in [4.69, 9.17) is 4.74 Å². The maximum absolute atomic E-state index is 13.0. The third-order valence-corrected chi connectivity index (χ3v) is 3.58. The molecule has 7 heteroatoms. The van der Waals surface area contributed by atoms with Crippen LogP contribution in [0.2, 0.25) is 0 Å². The van der Waals surface area contributed by atoms with Gasteiger partial charge in [-0.3, -0.25) is 10.2 Å². The standard InChI is InChI=1S/C15H19F3N2O2/c1-11(10-14(21)19-20-6-8-22-9-7-20)12-4-2-3-5-13(12)15(16,17)18/h2-5,11H,6-10H2,1H3,(H,19,21). The van der Waals surface area contributed by atoms with E-state index >= 15 is 0 Å². The molecule has 1 atom stereocenters. The van der Waals surface area contributed by atoms with E-state index in [-0.39, 0.29) is 17.9 Å². The number of carbonyl (C=O) groups is 1. The second-order valence-electron chi connectivity index (χ2n) is 5.32. The van der Waals surface area contributed by atoms with E-state index in [1.807, 2.05) is 0 Å². The van der Waals surface area contributed by atoms with Gasteiger partial charge in [-0.25, -0.2) is 5.01 Å². The lowest BCUT2D eigenvalue weighted by Crippen LogP contribution is -2.48. The first-order valence-electron chi connectivity index (χ1n) is 7.16. The predicted octanol–water partition coefficient (Wildman–Crippen LogP) is 2.56. The summed E-state index contributed by atoms with van der Waals surface area (Å²) in [5.41, 5.74) is 2.18. The van der Waals surface area contributed by atoms with Crippen LogP contribution in [-0.4, -0.2) is 37.2 Å². The molecular weight excluding hydrogens is 297 g/mol. The molecule has 2 rings (SSSR count). The zero-order valence-electron chi connectivity index (χ0n) is 12.3. The topological polar surface area (TPSA) is 41.6 Å². The average molecular weight is 316 g/mol. The van der Waals surface area contributed by atoms with Crippen LogP contribution in [0.1, 0.15) is 30.4 Å². The first-order chi connectivity index (χ1) is 10.4. The second-order valence-corrected chi connectivity index (χ2v) is 5.32. The van der Waals surface area contributed by atoms with Crippen molar-refractivity contribution in [2.75, 3.05) is 26.3 Å². The summed E-state index contributed by atoms with van der Waals surface area (Å²) in [5.74, 6) is -0.801. The van der Waals surface area contributed by atoms with Gasteiger partial charge in [0, 0.05) is 19.5 Å². The van der Waals surface area contributed by atoms with Gasteiger partial charge in [0.15, 0.2) is 0 Å². The molecule has 4 nitrogen and oxygen atoms in total. The number of hydrogen-bond acceptors (Lipinski definition) is 3. The van der Waals surface area contributed by atoms with Crippen molar-refractivity contribution in [3.05, 3.63) is 35.4 Å². The molecule has 1 fully saturated rings. The predicted molar refractivity (Wildman–Crippen MR) is 75.0 cm³/mol. The fourth-order valence-corrected chi connectivity index (χ4v) is 2.47. The lowest BCUT2D eigenvalue weighted by atomic mass is 9.92. The van der Waals surface area contributed by atoms with Crippen molar-refractivity contribution in [2.45, 2.75) is 25.4 Å². The largest absolute Gasteiger partial charge is 0.416 e. The molecule has 1 aliphatic rings. The summed E-state index contributed by atoms with van der Waals surface area (Å²) in [4.78, 5) is 12.0. The number of amides is 1.